The Morgan fingerprint density at radius 2 is 1.82 bits per heavy atom. The molecule has 1 atom stereocenters. The Balaban J connectivity index is 3.77. The Labute approximate surface area is 106 Å². The van der Waals surface area contributed by atoms with Crippen molar-refractivity contribution in [2.24, 2.45) is 0 Å². The average Bonchev–Trinajstić information content (AvgIpc) is 2.27. The van der Waals surface area contributed by atoms with E-state index in [1.165, 1.54) is 39.2 Å². The molecular formula is C14H29NO2. The molecule has 102 valence electrons. The number of carbonyl (C=O) groups excluding carboxylic acids is 1. The van der Waals surface area contributed by atoms with Gasteiger partial charge in [0.15, 0.2) is 0 Å². The minimum atomic E-state index is -0.586. The van der Waals surface area contributed by atoms with Gasteiger partial charge in [0.1, 0.15) is 5.54 Å². The quantitative estimate of drug-likeness (QED) is 0.499. The van der Waals surface area contributed by atoms with E-state index < -0.39 is 5.54 Å². The SMILES string of the molecule is CCCCCCCC(C)NC(C)(C)C(=O)OC. The molecule has 17 heavy (non-hydrogen) atoms. The molecule has 1 N–H and O–H groups in total. The molecule has 0 aromatic rings. The number of rotatable bonds is 9. The van der Waals surface area contributed by atoms with Crippen molar-refractivity contribution in [2.45, 2.75) is 77.8 Å². The molecular weight excluding hydrogens is 214 g/mol. The van der Waals surface area contributed by atoms with Crippen LogP contribution in [0.5, 0.6) is 0 Å². The van der Waals surface area contributed by atoms with E-state index in [1.54, 1.807) is 0 Å². The molecule has 3 nitrogen and oxygen atoms in total. The normalized spacial score (nSPS) is 13.5. The molecule has 0 heterocycles. The molecule has 0 rings (SSSR count). The van der Waals surface area contributed by atoms with Crippen molar-refractivity contribution in [3.63, 3.8) is 0 Å². The number of hydrogen-bond acceptors (Lipinski definition) is 3. The van der Waals surface area contributed by atoms with Crippen molar-refractivity contribution < 1.29 is 9.53 Å². The van der Waals surface area contributed by atoms with Crippen molar-refractivity contribution >= 4 is 5.97 Å². The first-order chi connectivity index (χ1) is 7.94. The van der Waals surface area contributed by atoms with Crippen LogP contribution < -0.4 is 5.32 Å². The molecule has 1 unspecified atom stereocenters. The minimum absolute atomic E-state index is 0.199. The summed E-state index contributed by atoms with van der Waals surface area (Å²) in [6, 6.07) is 0.353. The second kappa shape index (κ2) is 8.51. The van der Waals surface area contributed by atoms with Crippen LogP contribution in [-0.2, 0) is 9.53 Å². The van der Waals surface area contributed by atoms with Crippen molar-refractivity contribution in [3.8, 4) is 0 Å². The van der Waals surface area contributed by atoms with E-state index in [2.05, 4.69) is 19.2 Å². The average molecular weight is 243 g/mol. The van der Waals surface area contributed by atoms with Crippen LogP contribution in [-0.4, -0.2) is 24.7 Å². The van der Waals surface area contributed by atoms with Gasteiger partial charge in [-0.1, -0.05) is 39.0 Å². The highest BCUT2D eigenvalue weighted by molar-refractivity contribution is 5.79. The van der Waals surface area contributed by atoms with Crippen molar-refractivity contribution in [2.75, 3.05) is 7.11 Å². The number of unbranched alkanes of at least 4 members (excludes halogenated alkanes) is 4. The molecule has 0 aromatic heterocycles. The maximum Gasteiger partial charge on any atom is 0.325 e. The number of carbonyl (C=O) groups is 1. The lowest BCUT2D eigenvalue weighted by Gasteiger charge is -2.27. The number of methoxy groups -OCH3 is 1. The highest BCUT2D eigenvalue weighted by Crippen LogP contribution is 2.11. The highest BCUT2D eigenvalue weighted by atomic mass is 16.5. The van der Waals surface area contributed by atoms with Gasteiger partial charge in [-0.3, -0.25) is 10.1 Å². The molecule has 0 aliphatic carbocycles. The zero-order valence-electron chi connectivity index (χ0n) is 12.1. The predicted molar refractivity (Wildman–Crippen MR) is 72.1 cm³/mol. The Bertz CT molecular complexity index is 214. The van der Waals surface area contributed by atoms with E-state index in [-0.39, 0.29) is 5.97 Å². The second-order valence-corrected chi connectivity index (χ2v) is 5.36. The van der Waals surface area contributed by atoms with Gasteiger partial charge in [0.25, 0.3) is 0 Å². The van der Waals surface area contributed by atoms with Crippen molar-refractivity contribution in [1.82, 2.24) is 5.32 Å². The molecule has 0 saturated heterocycles. The van der Waals surface area contributed by atoms with Crippen LogP contribution in [0, 0.1) is 0 Å². The molecule has 0 aliphatic rings. The summed E-state index contributed by atoms with van der Waals surface area (Å²) in [6.45, 7) is 8.09. The number of ether oxygens (including phenoxy) is 1. The zero-order valence-corrected chi connectivity index (χ0v) is 12.1. The first-order valence-corrected chi connectivity index (χ1v) is 6.80. The summed E-state index contributed by atoms with van der Waals surface area (Å²) in [5, 5.41) is 3.32. The van der Waals surface area contributed by atoms with Gasteiger partial charge in [-0.15, -0.1) is 0 Å². The van der Waals surface area contributed by atoms with Crippen molar-refractivity contribution in [3.05, 3.63) is 0 Å². The Morgan fingerprint density at radius 3 is 2.35 bits per heavy atom. The van der Waals surface area contributed by atoms with Gasteiger partial charge < -0.3 is 4.74 Å². The molecule has 0 radical (unpaired) electrons. The third-order valence-corrected chi connectivity index (χ3v) is 3.04. The lowest BCUT2D eigenvalue weighted by atomic mass is 10.0. The fourth-order valence-electron chi connectivity index (χ4n) is 2.06. The number of nitrogens with one attached hydrogen (secondary N) is 1. The maximum absolute atomic E-state index is 11.5. The Morgan fingerprint density at radius 1 is 1.24 bits per heavy atom. The maximum atomic E-state index is 11.5. The van der Waals surface area contributed by atoms with E-state index in [1.807, 2.05) is 13.8 Å². The zero-order chi connectivity index (χ0) is 13.3. The molecule has 0 amide bonds. The van der Waals surface area contributed by atoms with E-state index in [9.17, 15) is 4.79 Å². The fraction of sp³-hybridized carbons (Fsp3) is 0.929. The van der Waals surface area contributed by atoms with Crippen LogP contribution in [0.4, 0.5) is 0 Å². The molecule has 0 fully saturated rings. The van der Waals surface area contributed by atoms with Gasteiger partial charge in [0.05, 0.1) is 7.11 Å². The van der Waals surface area contributed by atoms with E-state index in [0.717, 1.165) is 6.42 Å². The highest BCUT2D eigenvalue weighted by Gasteiger charge is 2.29. The van der Waals surface area contributed by atoms with E-state index in [0.29, 0.717) is 6.04 Å². The summed E-state index contributed by atoms with van der Waals surface area (Å²) in [7, 11) is 1.43. The van der Waals surface area contributed by atoms with Crippen LogP contribution in [0.3, 0.4) is 0 Å². The van der Waals surface area contributed by atoms with Crippen LogP contribution in [0.15, 0.2) is 0 Å². The van der Waals surface area contributed by atoms with Crippen LogP contribution in [0.2, 0.25) is 0 Å². The van der Waals surface area contributed by atoms with Gasteiger partial charge in [-0.2, -0.15) is 0 Å². The standard InChI is InChI=1S/C14H29NO2/c1-6-7-8-9-10-11-12(2)15-14(3,4)13(16)17-5/h12,15H,6-11H2,1-5H3. The summed E-state index contributed by atoms with van der Waals surface area (Å²) in [5.41, 5.74) is -0.586. The summed E-state index contributed by atoms with van der Waals surface area (Å²) in [6.07, 6.45) is 7.57. The Kier molecular flexibility index (Phi) is 8.23. The first-order valence-electron chi connectivity index (χ1n) is 6.80. The van der Waals surface area contributed by atoms with Crippen LogP contribution in [0.1, 0.15) is 66.2 Å². The summed E-state index contributed by atoms with van der Waals surface area (Å²) < 4.78 is 4.77. The lowest BCUT2D eigenvalue weighted by molar-refractivity contribution is -0.147. The third kappa shape index (κ3) is 7.37. The van der Waals surface area contributed by atoms with E-state index >= 15 is 0 Å². The largest absolute Gasteiger partial charge is 0.468 e. The van der Waals surface area contributed by atoms with Gasteiger partial charge in [-0.05, 0) is 27.2 Å². The molecule has 0 saturated carbocycles. The number of hydrogen-bond donors (Lipinski definition) is 1. The monoisotopic (exact) mass is 243 g/mol. The minimum Gasteiger partial charge on any atom is -0.468 e. The number of esters is 1. The second-order valence-electron chi connectivity index (χ2n) is 5.36. The molecule has 0 spiro atoms. The van der Waals surface area contributed by atoms with Crippen molar-refractivity contribution in [1.29, 1.82) is 0 Å². The summed E-state index contributed by atoms with van der Waals surface area (Å²) in [5.74, 6) is -0.199. The molecule has 0 aromatic carbocycles. The van der Waals surface area contributed by atoms with Gasteiger partial charge >= 0.3 is 5.97 Å². The topological polar surface area (TPSA) is 38.3 Å². The Hall–Kier alpha value is -0.570. The van der Waals surface area contributed by atoms with Crippen LogP contribution in [0.25, 0.3) is 0 Å². The van der Waals surface area contributed by atoms with Gasteiger partial charge in [0.2, 0.25) is 0 Å². The molecule has 0 bridgehead atoms. The smallest absolute Gasteiger partial charge is 0.325 e. The molecule has 3 heteroatoms. The van der Waals surface area contributed by atoms with Crippen LogP contribution >= 0.6 is 0 Å². The third-order valence-electron chi connectivity index (χ3n) is 3.04. The van der Waals surface area contributed by atoms with Gasteiger partial charge in [-0.25, -0.2) is 0 Å². The summed E-state index contributed by atoms with van der Waals surface area (Å²) >= 11 is 0. The lowest BCUT2D eigenvalue weighted by Crippen LogP contribution is -2.51. The van der Waals surface area contributed by atoms with Gasteiger partial charge in [0, 0.05) is 6.04 Å². The van der Waals surface area contributed by atoms with E-state index in [4.69, 9.17) is 4.74 Å². The first kappa shape index (κ1) is 16.4. The predicted octanol–water partition coefficient (Wildman–Crippen LogP) is 3.28. The fourth-order valence-corrected chi connectivity index (χ4v) is 2.06. The summed E-state index contributed by atoms with van der Waals surface area (Å²) in [4.78, 5) is 11.5. The molecule has 0 aliphatic heterocycles.